The standard InChI is InChI=1S/C27H34N6O3/c1-19-6-4-7-22(20(19)2)31-15-13-30(14-16-31)12-10-28-26(34)8-5-11-32-27(35)24-18-25-23(9-17-36-25)33(24)21(3)29-32/h4,6-7,9,17-18H,5,8,10-16H2,1-3H3,(H,28,34). The van der Waals surface area contributed by atoms with Crippen LogP contribution in [0.25, 0.3) is 16.6 Å². The maximum atomic E-state index is 12.8. The zero-order valence-electron chi connectivity index (χ0n) is 21.3. The monoisotopic (exact) mass is 490 g/mol. The van der Waals surface area contributed by atoms with E-state index in [-0.39, 0.29) is 11.5 Å². The van der Waals surface area contributed by atoms with E-state index in [0.29, 0.717) is 42.9 Å². The zero-order chi connectivity index (χ0) is 25.2. The number of aromatic nitrogens is 3. The molecule has 1 amide bonds. The van der Waals surface area contributed by atoms with Gasteiger partial charge >= 0.3 is 0 Å². The fraction of sp³-hybridized carbons (Fsp3) is 0.444. The topological polar surface area (TPSA) is 88.0 Å². The lowest BCUT2D eigenvalue weighted by Gasteiger charge is -2.37. The number of amides is 1. The van der Waals surface area contributed by atoms with Gasteiger partial charge in [-0.2, -0.15) is 5.10 Å². The van der Waals surface area contributed by atoms with Gasteiger partial charge in [-0.1, -0.05) is 12.1 Å². The van der Waals surface area contributed by atoms with Gasteiger partial charge in [0.15, 0.2) is 5.58 Å². The van der Waals surface area contributed by atoms with Crippen molar-refractivity contribution < 1.29 is 9.21 Å². The summed E-state index contributed by atoms with van der Waals surface area (Å²) in [6, 6.07) is 10.1. The van der Waals surface area contributed by atoms with E-state index < -0.39 is 0 Å². The minimum Gasteiger partial charge on any atom is -0.463 e. The molecule has 1 saturated heterocycles. The van der Waals surface area contributed by atoms with E-state index in [1.165, 1.54) is 21.5 Å². The summed E-state index contributed by atoms with van der Waals surface area (Å²) in [4.78, 5) is 30.1. The number of piperazine rings is 1. The molecule has 0 atom stereocenters. The van der Waals surface area contributed by atoms with Crippen molar-refractivity contribution >= 4 is 28.2 Å². The van der Waals surface area contributed by atoms with Crippen LogP contribution in [0.2, 0.25) is 0 Å². The summed E-state index contributed by atoms with van der Waals surface area (Å²) in [5, 5.41) is 7.47. The van der Waals surface area contributed by atoms with Crippen LogP contribution in [0, 0.1) is 20.8 Å². The van der Waals surface area contributed by atoms with Gasteiger partial charge in [-0.05, 0) is 44.4 Å². The second kappa shape index (κ2) is 10.2. The summed E-state index contributed by atoms with van der Waals surface area (Å²) in [5.41, 5.74) is 5.89. The SMILES string of the molecule is Cc1cccc(N2CCN(CCNC(=O)CCCn3nc(C)n4c(cc5occc54)c3=O)CC2)c1C. The van der Waals surface area contributed by atoms with E-state index in [0.717, 1.165) is 38.2 Å². The molecule has 0 radical (unpaired) electrons. The molecule has 9 nitrogen and oxygen atoms in total. The molecule has 1 aliphatic rings. The number of nitrogens with one attached hydrogen (secondary N) is 1. The molecule has 1 aromatic carbocycles. The molecule has 0 aliphatic carbocycles. The highest BCUT2D eigenvalue weighted by atomic mass is 16.3. The Morgan fingerprint density at radius 3 is 2.67 bits per heavy atom. The Balaban J connectivity index is 1.05. The molecule has 1 N–H and O–H groups in total. The fourth-order valence-electron chi connectivity index (χ4n) is 5.10. The van der Waals surface area contributed by atoms with Crippen molar-refractivity contribution in [2.45, 2.75) is 40.2 Å². The van der Waals surface area contributed by atoms with E-state index in [9.17, 15) is 9.59 Å². The van der Waals surface area contributed by atoms with Crippen LogP contribution in [0.3, 0.4) is 0 Å². The van der Waals surface area contributed by atoms with Crippen LogP contribution >= 0.6 is 0 Å². The maximum Gasteiger partial charge on any atom is 0.291 e. The molecule has 5 rings (SSSR count). The van der Waals surface area contributed by atoms with Crippen molar-refractivity contribution in [2.75, 3.05) is 44.2 Å². The van der Waals surface area contributed by atoms with Crippen LogP contribution in [0.5, 0.6) is 0 Å². The van der Waals surface area contributed by atoms with Gasteiger partial charge in [-0.15, -0.1) is 0 Å². The van der Waals surface area contributed by atoms with E-state index in [2.05, 4.69) is 52.3 Å². The van der Waals surface area contributed by atoms with Gasteiger partial charge in [-0.25, -0.2) is 4.68 Å². The van der Waals surface area contributed by atoms with Gasteiger partial charge in [0.1, 0.15) is 11.3 Å². The number of fused-ring (bicyclic) bond motifs is 3. The average Bonchev–Trinajstić information content (AvgIpc) is 3.46. The van der Waals surface area contributed by atoms with Gasteiger partial charge in [0, 0.05) is 70.1 Å². The number of hydrogen-bond acceptors (Lipinski definition) is 6. The van der Waals surface area contributed by atoms with Crippen molar-refractivity contribution in [3.05, 3.63) is 63.9 Å². The van der Waals surface area contributed by atoms with Crippen LogP contribution in [0.1, 0.15) is 29.8 Å². The number of aryl methyl sites for hydroxylation is 3. The second-order valence-corrected chi connectivity index (χ2v) is 9.61. The van der Waals surface area contributed by atoms with Gasteiger partial charge < -0.3 is 14.6 Å². The van der Waals surface area contributed by atoms with Crippen molar-refractivity contribution in [3.8, 4) is 0 Å². The lowest BCUT2D eigenvalue weighted by atomic mass is 10.1. The normalized spacial score (nSPS) is 14.7. The average molecular weight is 491 g/mol. The highest BCUT2D eigenvalue weighted by molar-refractivity contribution is 5.82. The highest BCUT2D eigenvalue weighted by Crippen LogP contribution is 2.24. The maximum absolute atomic E-state index is 12.8. The van der Waals surface area contributed by atoms with E-state index in [4.69, 9.17) is 4.42 Å². The molecule has 0 unspecified atom stereocenters. The number of anilines is 1. The fourth-order valence-corrected chi connectivity index (χ4v) is 5.10. The van der Waals surface area contributed by atoms with Crippen LogP contribution in [-0.4, -0.2) is 64.3 Å². The van der Waals surface area contributed by atoms with Gasteiger partial charge in [-0.3, -0.25) is 18.9 Å². The lowest BCUT2D eigenvalue weighted by molar-refractivity contribution is -0.121. The van der Waals surface area contributed by atoms with Crippen molar-refractivity contribution in [1.29, 1.82) is 0 Å². The number of hydrogen-bond donors (Lipinski definition) is 1. The van der Waals surface area contributed by atoms with Crippen molar-refractivity contribution in [3.63, 3.8) is 0 Å². The van der Waals surface area contributed by atoms with Crippen LogP contribution in [0.15, 0.2) is 45.8 Å². The largest absolute Gasteiger partial charge is 0.463 e. The highest BCUT2D eigenvalue weighted by Gasteiger charge is 2.19. The van der Waals surface area contributed by atoms with Gasteiger partial charge in [0.05, 0.1) is 11.8 Å². The predicted octanol–water partition coefficient (Wildman–Crippen LogP) is 2.89. The van der Waals surface area contributed by atoms with Crippen molar-refractivity contribution in [2.24, 2.45) is 0 Å². The Bertz CT molecular complexity index is 1440. The predicted molar refractivity (Wildman–Crippen MR) is 141 cm³/mol. The molecule has 3 aromatic heterocycles. The number of furan rings is 1. The molecule has 1 aliphatic heterocycles. The second-order valence-electron chi connectivity index (χ2n) is 9.61. The first-order valence-electron chi connectivity index (χ1n) is 12.7. The molecule has 4 aromatic rings. The Morgan fingerprint density at radius 2 is 1.86 bits per heavy atom. The first kappa shape index (κ1) is 24.1. The summed E-state index contributed by atoms with van der Waals surface area (Å²) >= 11 is 0. The quantitative estimate of drug-likeness (QED) is 0.409. The first-order valence-corrected chi connectivity index (χ1v) is 12.7. The molecule has 190 valence electrons. The van der Waals surface area contributed by atoms with Crippen LogP contribution in [-0.2, 0) is 11.3 Å². The summed E-state index contributed by atoms with van der Waals surface area (Å²) in [7, 11) is 0. The summed E-state index contributed by atoms with van der Waals surface area (Å²) in [5.74, 6) is 0.721. The first-order chi connectivity index (χ1) is 17.4. The zero-order valence-corrected chi connectivity index (χ0v) is 21.3. The van der Waals surface area contributed by atoms with Crippen LogP contribution < -0.4 is 15.8 Å². The third kappa shape index (κ3) is 4.75. The smallest absolute Gasteiger partial charge is 0.291 e. The molecular weight excluding hydrogens is 456 g/mol. The number of rotatable bonds is 8. The third-order valence-electron chi connectivity index (χ3n) is 7.28. The van der Waals surface area contributed by atoms with Crippen LogP contribution in [0.4, 0.5) is 5.69 Å². The number of carbonyl (C=O) groups excluding carboxylic acids is 1. The lowest BCUT2D eigenvalue weighted by Crippen LogP contribution is -2.48. The summed E-state index contributed by atoms with van der Waals surface area (Å²) in [6.45, 7) is 12.1. The molecule has 1 fully saturated rings. The summed E-state index contributed by atoms with van der Waals surface area (Å²) < 4.78 is 8.69. The molecule has 36 heavy (non-hydrogen) atoms. The minimum absolute atomic E-state index is 0.00932. The molecule has 4 heterocycles. The Hall–Kier alpha value is -3.59. The minimum atomic E-state index is -0.174. The Kier molecular flexibility index (Phi) is 6.82. The molecular formula is C27H34N6O3. The third-order valence-corrected chi connectivity index (χ3v) is 7.28. The van der Waals surface area contributed by atoms with E-state index >= 15 is 0 Å². The molecule has 0 bridgehead atoms. The van der Waals surface area contributed by atoms with E-state index in [1.807, 2.05) is 17.4 Å². The number of nitrogens with zero attached hydrogens (tertiary/aromatic N) is 5. The number of benzene rings is 1. The Labute approximate surface area is 210 Å². The summed E-state index contributed by atoms with van der Waals surface area (Å²) in [6.07, 6.45) is 2.52. The van der Waals surface area contributed by atoms with Gasteiger partial charge in [0.2, 0.25) is 5.91 Å². The molecule has 0 saturated carbocycles. The molecule has 0 spiro atoms. The Morgan fingerprint density at radius 1 is 1.06 bits per heavy atom. The van der Waals surface area contributed by atoms with E-state index in [1.54, 1.807) is 12.3 Å². The van der Waals surface area contributed by atoms with Crippen molar-refractivity contribution in [1.82, 2.24) is 24.4 Å². The number of carbonyl (C=O) groups is 1. The molecule has 9 heteroatoms. The van der Waals surface area contributed by atoms with Gasteiger partial charge in [0.25, 0.3) is 5.56 Å².